The molecule has 1 heterocycles. The quantitative estimate of drug-likeness (QED) is 0.345. The average Bonchev–Trinajstić information content (AvgIpc) is 3.22. The van der Waals surface area contributed by atoms with Crippen LogP contribution in [0, 0.1) is 0 Å². The standard InChI is InChI=1S/C27H28N2O4/c1-16(2)19-8-13-25-23(14-19)29-27(33-25)20-9-12-24(31-5)22(15-20)28-26(30)18-6-10-21(11-7-18)32-17(3)4/h6-17H,1-5H3,(H,28,30). The summed E-state index contributed by atoms with van der Waals surface area (Å²) in [5.74, 6) is 1.91. The van der Waals surface area contributed by atoms with Gasteiger partial charge in [-0.15, -0.1) is 0 Å². The third-order valence-corrected chi connectivity index (χ3v) is 5.26. The molecule has 0 atom stereocenters. The summed E-state index contributed by atoms with van der Waals surface area (Å²) in [4.78, 5) is 17.5. The molecule has 0 aliphatic rings. The van der Waals surface area contributed by atoms with Crippen molar-refractivity contribution in [2.75, 3.05) is 12.4 Å². The number of ether oxygens (including phenoxy) is 2. The van der Waals surface area contributed by atoms with Crippen LogP contribution >= 0.6 is 0 Å². The second-order valence-electron chi connectivity index (χ2n) is 8.46. The minimum Gasteiger partial charge on any atom is -0.495 e. The largest absolute Gasteiger partial charge is 0.495 e. The first-order valence-corrected chi connectivity index (χ1v) is 11.0. The molecule has 0 saturated heterocycles. The van der Waals surface area contributed by atoms with Crippen LogP contribution in [-0.2, 0) is 0 Å². The number of hydrogen-bond acceptors (Lipinski definition) is 5. The van der Waals surface area contributed by atoms with E-state index in [1.807, 2.05) is 32.0 Å². The van der Waals surface area contributed by atoms with Crippen LogP contribution in [0.25, 0.3) is 22.6 Å². The van der Waals surface area contributed by atoms with Gasteiger partial charge in [-0.25, -0.2) is 4.98 Å². The molecule has 0 radical (unpaired) electrons. The van der Waals surface area contributed by atoms with Crippen molar-refractivity contribution >= 4 is 22.7 Å². The lowest BCUT2D eigenvalue weighted by Crippen LogP contribution is -2.13. The van der Waals surface area contributed by atoms with Crippen molar-refractivity contribution in [2.45, 2.75) is 39.7 Å². The molecule has 4 aromatic rings. The molecule has 1 amide bonds. The Hall–Kier alpha value is -3.80. The van der Waals surface area contributed by atoms with E-state index in [0.717, 1.165) is 22.4 Å². The highest BCUT2D eigenvalue weighted by molar-refractivity contribution is 6.05. The number of nitrogens with one attached hydrogen (secondary N) is 1. The summed E-state index contributed by atoms with van der Waals surface area (Å²) in [5.41, 5.74) is 4.53. The van der Waals surface area contributed by atoms with Gasteiger partial charge in [0, 0.05) is 11.1 Å². The maximum Gasteiger partial charge on any atom is 0.255 e. The van der Waals surface area contributed by atoms with Gasteiger partial charge in [-0.1, -0.05) is 19.9 Å². The maximum atomic E-state index is 12.9. The summed E-state index contributed by atoms with van der Waals surface area (Å²) < 4.78 is 17.1. The van der Waals surface area contributed by atoms with Crippen molar-refractivity contribution in [2.24, 2.45) is 0 Å². The van der Waals surface area contributed by atoms with Crippen LogP contribution in [0.15, 0.2) is 65.1 Å². The number of benzene rings is 3. The minimum atomic E-state index is -0.249. The van der Waals surface area contributed by atoms with Crippen LogP contribution in [0.3, 0.4) is 0 Å². The fourth-order valence-electron chi connectivity index (χ4n) is 3.52. The lowest BCUT2D eigenvalue weighted by molar-refractivity contribution is 0.102. The molecule has 0 bridgehead atoms. The van der Waals surface area contributed by atoms with E-state index in [0.29, 0.717) is 28.8 Å². The van der Waals surface area contributed by atoms with Crippen LogP contribution < -0.4 is 14.8 Å². The first kappa shape index (κ1) is 22.4. The fourth-order valence-corrected chi connectivity index (χ4v) is 3.52. The van der Waals surface area contributed by atoms with Crippen LogP contribution in [0.2, 0.25) is 0 Å². The van der Waals surface area contributed by atoms with Gasteiger partial charge in [-0.3, -0.25) is 4.79 Å². The monoisotopic (exact) mass is 444 g/mol. The van der Waals surface area contributed by atoms with E-state index >= 15 is 0 Å². The van der Waals surface area contributed by atoms with Crippen LogP contribution in [0.4, 0.5) is 5.69 Å². The second kappa shape index (κ2) is 9.36. The zero-order valence-corrected chi connectivity index (χ0v) is 19.5. The highest BCUT2D eigenvalue weighted by Crippen LogP contribution is 2.33. The second-order valence-corrected chi connectivity index (χ2v) is 8.46. The van der Waals surface area contributed by atoms with Crippen molar-refractivity contribution in [3.05, 3.63) is 71.8 Å². The van der Waals surface area contributed by atoms with Gasteiger partial charge in [-0.05, 0) is 79.9 Å². The number of hydrogen-bond donors (Lipinski definition) is 1. The third kappa shape index (κ3) is 5.00. The summed E-state index contributed by atoms with van der Waals surface area (Å²) in [5, 5.41) is 2.93. The SMILES string of the molecule is COc1ccc(-c2nc3cc(C(C)C)ccc3o2)cc1NC(=O)c1ccc(OC(C)C)cc1. The first-order chi connectivity index (χ1) is 15.8. The molecule has 0 saturated carbocycles. The van der Waals surface area contributed by atoms with Gasteiger partial charge in [0.15, 0.2) is 5.58 Å². The van der Waals surface area contributed by atoms with E-state index in [1.54, 1.807) is 43.5 Å². The van der Waals surface area contributed by atoms with Crippen LogP contribution in [0.5, 0.6) is 11.5 Å². The van der Waals surface area contributed by atoms with Gasteiger partial charge in [0.2, 0.25) is 5.89 Å². The van der Waals surface area contributed by atoms with E-state index in [-0.39, 0.29) is 12.0 Å². The van der Waals surface area contributed by atoms with E-state index in [2.05, 4.69) is 30.2 Å². The number of methoxy groups -OCH3 is 1. The number of rotatable bonds is 7. The van der Waals surface area contributed by atoms with Crippen LogP contribution in [-0.4, -0.2) is 24.1 Å². The van der Waals surface area contributed by atoms with Gasteiger partial charge >= 0.3 is 0 Å². The van der Waals surface area contributed by atoms with Crippen molar-refractivity contribution in [1.82, 2.24) is 4.98 Å². The lowest BCUT2D eigenvalue weighted by Gasteiger charge is -2.12. The van der Waals surface area contributed by atoms with Crippen molar-refractivity contribution in [3.8, 4) is 23.0 Å². The molecule has 33 heavy (non-hydrogen) atoms. The van der Waals surface area contributed by atoms with Gasteiger partial charge < -0.3 is 19.2 Å². The summed E-state index contributed by atoms with van der Waals surface area (Å²) >= 11 is 0. The van der Waals surface area contributed by atoms with E-state index in [4.69, 9.17) is 13.9 Å². The van der Waals surface area contributed by atoms with E-state index in [9.17, 15) is 4.79 Å². The normalized spacial score (nSPS) is 11.2. The Bertz CT molecular complexity index is 1270. The summed E-state index contributed by atoms with van der Waals surface area (Å²) in [7, 11) is 1.57. The smallest absolute Gasteiger partial charge is 0.255 e. The number of carbonyl (C=O) groups excluding carboxylic acids is 1. The average molecular weight is 445 g/mol. The zero-order valence-electron chi connectivity index (χ0n) is 19.5. The number of fused-ring (bicyclic) bond motifs is 1. The molecule has 6 nitrogen and oxygen atoms in total. The molecule has 0 aliphatic carbocycles. The first-order valence-electron chi connectivity index (χ1n) is 11.0. The number of amides is 1. The zero-order chi connectivity index (χ0) is 23.5. The van der Waals surface area contributed by atoms with E-state index in [1.165, 1.54) is 5.56 Å². The molecule has 6 heteroatoms. The number of nitrogens with zero attached hydrogens (tertiary/aromatic N) is 1. The van der Waals surface area contributed by atoms with Gasteiger partial charge in [-0.2, -0.15) is 0 Å². The number of oxazole rings is 1. The Morgan fingerprint density at radius 3 is 2.39 bits per heavy atom. The highest BCUT2D eigenvalue weighted by Gasteiger charge is 2.15. The number of carbonyl (C=O) groups is 1. The highest BCUT2D eigenvalue weighted by atomic mass is 16.5. The molecule has 1 aromatic heterocycles. The van der Waals surface area contributed by atoms with Crippen molar-refractivity contribution in [3.63, 3.8) is 0 Å². The summed E-state index contributed by atoms with van der Waals surface area (Å²) in [6.45, 7) is 8.21. The topological polar surface area (TPSA) is 73.6 Å². The summed E-state index contributed by atoms with van der Waals surface area (Å²) in [6.07, 6.45) is 0.0699. The maximum absolute atomic E-state index is 12.9. The van der Waals surface area contributed by atoms with E-state index < -0.39 is 0 Å². The molecule has 4 rings (SSSR count). The molecule has 170 valence electrons. The molecule has 0 fully saturated rings. The molecular formula is C27H28N2O4. The van der Waals surface area contributed by atoms with Crippen LogP contribution in [0.1, 0.15) is 49.5 Å². The Balaban J connectivity index is 1.60. The van der Waals surface area contributed by atoms with Gasteiger partial charge in [0.25, 0.3) is 5.91 Å². The van der Waals surface area contributed by atoms with Gasteiger partial charge in [0.05, 0.1) is 18.9 Å². The number of anilines is 1. The molecule has 0 unspecified atom stereocenters. The Morgan fingerprint density at radius 2 is 1.73 bits per heavy atom. The fraction of sp³-hybridized carbons (Fsp3) is 0.259. The predicted molar refractivity (Wildman–Crippen MR) is 130 cm³/mol. The van der Waals surface area contributed by atoms with Crippen molar-refractivity contribution < 1.29 is 18.7 Å². The Morgan fingerprint density at radius 1 is 0.970 bits per heavy atom. The molecular weight excluding hydrogens is 416 g/mol. The lowest BCUT2D eigenvalue weighted by atomic mass is 10.0. The van der Waals surface area contributed by atoms with Crippen molar-refractivity contribution in [1.29, 1.82) is 0 Å². The Labute approximate surface area is 193 Å². The molecule has 1 N–H and O–H groups in total. The molecule has 0 spiro atoms. The Kier molecular flexibility index (Phi) is 6.36. The molecule has 0 aliphatic heterocycles. The predicted octanol–water partition coefficient (Wildman–Crippen LogP) is 6.67. The van der Waals surface area contributed by atoms with Gasteiger partial charge in [0.1, 0.15) is 17.0 Å². The summed E-state index contributed by atoms with van der Waals surface area (Å²) in [6, 6.07) is 18.5. The number of aromatic nitrogens is 1. The third-order valence-electron chi connectivity index (χ3n) is 5.26. The molecule has 3 aromatic carbocycles. The minimum absolute atomic E-state index is 0.0699.